The van der Waals surface area contributed by atoms with E-state index < -0.39 is 11.9 Å². The van der Waals surface area contributed by atoms with Crippen molar-refractivity contribution >= 4 is 11.9 Å². The molecule has 1 saturated heterocycles. The number of nitrogens with zero attached hydrogens (tertiary/aromatic N) is 1. The maximum Gasteiger partial charge on any atom is 0.310 e. The first-order chi connectivity index (χ1) is 9.45. The van der Waals surface area contributed by atoms with Crippen molar-refractivity contribution in [3.8, 4) is 0 Å². The minimum absolute atomic E-state index is 0.00638. The van der Waals surface area contributed by atoms with Crippen LogP contribution in [-0.4, -0.2) is 60.3 Å². The zero-order valence-electron chi connectivity index (χ0n) is 12.6. The number of carbonyl (C=O) groups is 2. The third-order valence-electron chi connectivity index (χ3n) is 3.42. The molecule has 1 fully saturated rings. The van der Waals surface area contributed by atoms with Crippen LogP contribution >= 0.6 is 0 Å². The highest BCUT2D eigenvalue weighted by Crippen LogP contribution is 2.20. The van der Waals surface area contributed by atoms with Gasteiger partial charge in [-0.05, 0) is 26.8 Å². The summed E-state index contributed by atoms with van der Waals surface area (Å²) in [6.45, 7) is 7.95. The van der Waals surface area contributed by atoms with E-state index in [0.29, 0.717) is 19.6 Å². The van der Waals surface area contributed by atoms with Gasteiger partial charge in [0.05, 0.1) is 19.1 Å². The van der Waals surface area contributed by atoms with Gasteiger partial charge in [0.25, 0.3) is 0 Å². The average molecular weight is 286 g/mol. The van der Waals surface area contributed by atoms with Gasteiger partial charge < -0.3 is 15.2 Å². The maximum atomic E-state index is 11.7. The standard InChI is InChI=1S/C14H26N2O4/c1-4-6-16(7-5-13(17)15-10(2)3)12-9-20-8-11(12)14(18)19/h10-12H,4-9H2,1-3H3,(H,15,17)(H,18,19). The molecule has 1 aliphatic rings. The van der Waals surface area contributed by atoms with Crippen molar-refractivity contribution in [1.29, 1.82) is 0 Å². The molecule has 0 aromatic rings. The Morgan fingerprint density at radius 3 is 2.60 bits per heavy atom. The highest BCUT2D eigenvalue weighted by molar-refractivity contribution is 5.76. The first kappa shape index (κ1) is 16.9. The number of hydrogen-bond donors (Lipinski definition) is 2. The zero-order valence-corrected chi connectivity index (χ0v) is 12.6. The van der Waals surface area contributed by atoms with E-state index in [1.165, 1.54) is 0 Å². The second-order valence-corrected chi connectivity index (χ2v) is 5.56. The quantitative estimate of drug-likeness (QED) is 0.687. The fourth-order valence-corrected chi connectivity index (χ4v) is 2.51. The van der Waals surface area contributed by atoms with Crippen LogP contribution in [0.15, 0.2) is 0 Å². The van der Waals surface area contributed by atoms with Crippen LogP contribution in [-0.2, 0) is 14.3 Å². The second kappa shape index (κ2) is 8.21. The van der Waals surface area contributed by atoms with Crippen LogP contribution in [0.5, 0.6) is 0 Å². The van der Waals surface area contributed by atoms with E-state index in [4.69, 9.17) is 4.74 Å². The van der Waals surface area contributed by atoms with Gasteiger partial charge in [-0.15, -0.1) is 0 Å². The molecule has 1 rings (SSSR count). The first-order valence-electron chi connectivity index (χ1n) is 7.29. The molecule has 0 aromatic heterocycles. The maximum absolute atomic E-state index is 11.7. The molecule has 116 valence electrons. The lowest BCUT2D eigenvalue weighted by atomic mass is 10.0. The van der Waals surface area contributed by atoms with Crippen molar-refractivity contribution in [3.05, 3.63) is 0 Å². The van der Waals surface area contributed by atoms with Crippen LogP contribution in [0.4, 0.5) is 0 Å². The third kappa shape index (κ3) is 5.09. The van der Waals surface area contributed by atoms with Crippen LogP contribution in [0.3, 0.4) is 0 Å². The number of aliphatic carboxylic acids is 1. The molecule has 0 aliphatic carbocycles. The number of hydrogen-bond acceptors (Lipinski definition) is 4. The molecule has 6 nitrogen and oxygen atoms in total. The van der Waals surface area contributed by atoms with E-state index in [9.17, 15) is 14.7 Å². The molecule has 2 atom stereocenters. The number of carboxylic acids is 1. The number of rotatable bonds is 8. The number of ether oxygens (including phenoxy) is 1. The zero-order chi connectivity index (χ0) is 15.1. The molecule has 0 spiro atoms. The highest BCUT2D eigenvalue weighted by Gasteiger charge is 2.37. The fraction of sp³-hybridized carbons (Fsp3) is 0.857. The second-order valence-electron chi connectivity index (χ2n) is 5.56. The van der Waals surface area contributed by atoms with Gasteiger partial charge in [-0.3, -0.25) is 14.5 Å². The Morgan fingerprint density at radius 1 is 1.35 bits per heavy atom. The molecule has 2 unspecified atom stereocenters. The highest BCUT2D eigenvalue weighted by atomic mass is 16.5. The minimum atomic E-state index is -0.819. The summed E-state index contributed by atoms with van der Waals surface area (Å²) >= 11 is 0. The third-order valence-corrected chi connectivity index (χ3v) is 3.42. The Morgan fingerprint density at radius 2 is 2.05 bits per heavy atom. The Labute approximate surface area is 120 Å². The van der Waals surface area contributed by atoms with E-state index in [0.717, 1.165) is 13.0 Å². The van der Waals surface area contributed by atoms with Crippen molar-refractivity contribution < 1.29 is 19.4 Å². The predicted octanol–water partition coefficient (Wildman–Crippen LogP) is 0.713. The number of amides is 1. The Balaban J connectivity index is 2.55. The normalized spacial score (nSPS) is 22.4. The van der Waals surface area contributed by atoms with Crippen molar-refractivity contribution in [2.45, 2.75) is 45.7 Å². The van der Waals surface area contributed by atoms with Crippen LogP contribution in [0.1, 0.15) is 33.6 Å². The SMILES string of the molecule is CCCN(CCC(=O)NC(C)C)C1COCC1C(=O)O. The molecular weight excluding hydrogens is 260 g/mol. The molecule has 1 amide bonds. The lowest BCUT2D eigenvalue weighted by molar-refractivity contribution is -0.143. The molecule has 0 radical (unpaired) electrons. The molecule has 2 N–H and O–H groups in total. The van der Waals surface area contributed by atoms with Crippen LogP contribution < -0.4 is 5.32 Å². The van der Waals surface area contributed by atoms with Crippen molar-refractivity contribution in [1.82, 2.24) is 10.2 Å². The van der Waals surface area contributed by atoms with Gasteiger partial charge in [0.15, 0.2) is 0 Å². The predicted molar refractivity (Wildman–Crippen MR) is 75.5 cm³/mol. The van der Waals surface area contributed by atoms with E-state index in [2.05, 4.69) is 10.2 Å². The van der Waals surface area contributed by atoms with Gasteiger partial charge in [-0.2, -0.15) is 0 Å². The molecule has 0 aromatic carbocycles. The van der Waals surface area contributed by atoms with Gasteiger partial charge in [0.2, 0.25) is 5.91 Å². The summed E-state index contributed by atoms with van der Waals surface area (Å²) in [5.74, 6) is -1.30. The lowest BCUT2D eigenvalue weighted by Gasteiger charge is -2.29. The van der Waals surface area contributed by atoms with E-state index in [1.54, 1.807) is 0 Å². The van der Waals surface area contributed by atoms with Crippen LogP contribution in [0, 0.1) is 5.92 Å². The van der Waals surface area contributed by atoms with Crippen molar-refractivity contribution in [3.63, 3.8) is 0 Å². The van der Waals surface area contributed by atoms with Gasteiger partial charge in [-0.25, -0.2) is 0 Å². The van der Waals surface area contributed by atoms with Gasteiger partial charge in [0.1, 0.15) is 0 Å². The molecular formula is C14H26N2O4. The molecule has 20 heavy (non-hydrogen) atoms. The van der Waals surface area contributed by atoms with Crippen molar-refractivity contribution in [2.75, 3.05) is 26.3 Å². The summed E-state index contributed by atoms with van der Waals surface area (Å²) in [7, 11) is 0. The first-order valence-corrected chi connectivity index (χ1v) is 7.29. The summed E-state index contributed by atoms with van der Waals surface area (Å²) in [5, 5.41) is 12.1. The topological polar surface area (TPSA) is 78.9 Å². The summed E-state index contributed by atoms with van der Waals surface area (Å²) in [6.07, 6.45) is 1.32. The number of carboxylic acid groups (broad SMARTS) is 1. The summed E-state index contributed by atoms with van der Waals surface area (Å²) in [4.78, 5) is 25.0. The van der Waals surface area contributed by atoms with E-state index in [-0.39, 0.29) is 24.6 Å². The van der Waals surface area contributed by atoms with E-state index >= 15 is 0 Å². The average Bonchev–Trinajstić information content (AvgIpc) is 2.82. The number of nitrogens with one attached hydrogen (secondary N) is 1. The van der Waals surface area contributed by atoms with Crippen LogP contribution in [0.2, 0.25) is 0 Å². The summed E-state index contributed by atoms with van der Waals surface area (Å²) in [6, 6.07) is 0.00278. The Hall–Kier alpha value is -1.14. The molecule has 1 heterocycles. The Kier molecular flexibility index (Phi) is 6.95. The summed E-state index contributed by atoms with van der Waals surface area (Å²) in [5.41, 5.74) is 0. The monoisotopic (exact) mass is 286 g/mol. The number of carbonyl (C=O) groups excluding carboxylic acids is 1. The van der Waals surface area contributed by atoms with Gasteiger partial charge >= 0.3 is 5.97 Å². The summed E-state index contributed by atoms with van der Waals surface area (Å²) < 4.78 is 5.31. The van der Waals surface area contributed by atoms with Crippen molar-refractivity contribution in [2.24, 2.45) is 5.92 Å². The fourth-order valence-electron chi connectivity index (χ4n) is 2.51. The van der Waals surface area contributed by atoms with Crippen LogP contribution in [0.25, 0.3) is 0 Å². The molecule has 1 aliphatic heterocycles. The minimum Gasteiger partial charge on any atom is -0.481 e. The molecule has 0 bridgehead atoms. The smallest absolute Gasteiger partial charge is 0.310 e. The van der Waals surface area contributed by atoms with Gasteiger partial charge in [-0.1, -0.05) is 6.92 Å². The lowest BCUT2D eigenvalue weighted by Crippen LogP contribution is -2.45. The van der Waals surface area contributed by atoms with Gasteiger partial charge in [0, 0.05) is 25.0 Å². The Bertz CT molecular complexity index is 333. The molecule has 6 heteroatoms. The molecule has 0 saturated carbocycles. The largest absolute Gasteiger partial charge is 0.481 e. The van der Waals surface area contributed by atoms with E-state index in [1.807, 2.05) is 20.8 Å².